The van der Waals surface area contributed by atoms with Crippen LogP contribution >= 0.6 is 0 Å². The minimum atomic E-state index is -0.0544. The standard InChI is InChI=1S/C17H24N2O4/c1-12(20)18-10-14-9-17(21)19(11-14)7-6-13-4-5-15(22-2)16(8-13)23-3/h4-5,8,14H,6-7,9-11H2,1-3H3,(H,18,20). The van der Waals surface area contributed by atoms with Crippen molar-refractivity contribution in [3.63, 3.8) is 0 Å². The summed E-state index contributed by atoms with van der Waals surface area (Å²) in [6.07, 6.45) is 1.27. The zero-order valence-electron chi connectivity index (χ0n) is 13.9. The molecule has 1 aromatic carbocycles. The number of likely N-dealkylation sites (tertiary alicyclic amines) is 1. The molecule has 1 aromatic rings. The van der Waals surface area contributed by atoms with Crippen LogP contribution in [-0.2, 0) is 16.0 Å². The molecule has 0 radical (unpaired) electrons. The van der Waals surface area contributed by atoms with E-state index in [-0.39, 0.29) is 17.7 Å². The van der Waals surface area contributed by atoms with Crippen molar-refractivity contribution in [3.05, 3.63) is 23.8 Å². The van der Waals surface area contributed by atoms with E-state index < -0.39 is 0 Å². The minimum Gasteiger partial charge on any atom is -0.493 e. The van der Waals surface area contributed by atoms with E-state index in [0.717, 1.165) is 12.0 Å². The SMILES string of the molecule is COc1ccc(CCN2CC(CNC(C)=O)CC2=O)cc1OC. The molecule has 1 unspecified atom stereocenters. The first-order chi connectivity index (χ1) is 11.0. The molecular weight excluding hydrogens is 296 g/mol. The third kappa shape index (κ3) is 4.61. The average Bonchev–Trinajstić information content (AvgIpc) is 2.90. The number of amides is 2. The number of benzene rings is 1. The smallest absolute Gasteiger partial charge is 0.223 e. The van der Waals surface area contributed by atoms with Gasteiger partial charge in [0.1, 0.15) is 0 Å². The van der Waals surface area contributed by atoms with Gasteiger partial charge in [-0.2, -0.15) is 0 Å². The van der Waals surface area contributed by atoms with E-state index in [2.05, 4.69) is 5.32 Å². The van der Waals surface area contributed by atoms with Crippen molar-refractivity contribution < 1.29 is 19.1 Å². The molecule has 1 aliphatic heterocycles. The molecule has 0 bridgehead atoms. The Morgan fingerprint density at radius 2 is 2.04 bits per heavy atom. The zero-order valence-corrected chi connectivity index (χ0v) is 13.9. The molecule has 0 spiro atoms. The molecule has 1 fully saturated rings. The Labute approximate surface area is 136 Å². The highest BCUT2D eigenvalue weighted by atomic mass is 16.5. The van der Waals surface area contributed by atoms with Crippen molar-refractivity contribution >= 4 is 11.8 Å². The predicted octanol–water partition coefficient (Wildman–Crippen LogP) is 1.23. The zero-order chi connectivity index (χ0) is 16.8. The van der Waals surface area contributed by atoms with Gasteiger partial charge < -0.3 is 19.7 Å². The number of carbonyl (C=O) groups is 2. The molecule has 0 saturated carbocycles. The van der Waals surface area contributed by atoms with Crippen LogP contribution < -0.4 is 14.8 Å². The van der Waals surface area contributed by atoms with E-state index in [4.69, 9.17) is 9.47 Å². The maximum atomic E-state index is 12.0. The van der Waals surface area contributed by atoms with E-state index >= 15 is 0 Å². The van der Waals surface area contributed by atoms with Crippen molar-refractivity contribution in [1.29, 1.82) is 0 Å². The first-order valence-electron chi connectivity index (χ1n) is 7.76. The summed E-state index contributed by atoms with van der Waals surface area (Å²) in [5.74, 6) is 1.70. The molecule has 23 heavy (non-hydrogen) atoms. The number of carbonyl (C=O) groups excluding carboxylic acids is 2. The van der Waals surface area contributed by atoms with Crippen LogP contribution in [-0.4, -0.2) is 50.6 Å². The van der Waals surface area contributed by atoms with Gasteiger partial charge >= 0.3 is 0 Å². The lowest BCUT2D eigenvalue weighted by Gasteiger charge is -2.17. The summed E-state index contributed by atoms with van der Waals surface area (Å²) < 4.78 is 10.5. The lowest BCUT2D eigenvalue weighted by Crippen LogP contribution is -2.30. The van der Waals surface area contributed by atoms with Gasteiger partial charge in [-0.1, -0.05) is 6.07 Å². The molecule has 6 nitrogen and oxygen atoms in total. The van der Waals surface area contributed by atoms with Gasteiger partial charge in [-0.3, -0.25) is 9.59 Å². The molecular formula is C17H24N2O4. The van der Waals surface area contributed by atoms with Gasteiger partial charge in [0.2, 0.25) is 11.8 Å². The molecule has 1 heterocycles. The summed E-state index contributed by atoms with van der Waals surface area (Å²) in [7, 11) is 3.22. The summed E-state index contributed by atoms with van der Waals surface area (Å²) in [5.41, 5.74) is 1.10. The lowest BCUT2D eigenvalue weighted by atomic mass is 10.1. The molecule has 6 heteroatoms. The van der Waals surface area contributed by atoms with Gasteiger partial charge in [-0.05, 0) is 24.1 Å². The fraction of sp³-hybridized carbons (Fsp3) is 0.529. The fourth-order valence-corrected chi connectivity index (χ4v) is 2.80. The number of ether oxygens (including phenoxy) is 2. The molecule has 0 aliphatic carbocycles. The molecule has 126 valence electrons. The van der Waals surface area contributed by atoms with Crippen LogP contribution in [0.5, 0.6) is 11.5 Å². The van der Waals surface area contributed by atoms with Gasteiger partial charge in [0.05, 0.1) is 14.2 Å². The number of nitrogens with one attached hydrogen (secondary N) is 1. The van der Waals surface area contributed by atoms with E-state index in [1.807, 2.05) is 23.1 Å². The molecule has 2 amide bonds. The largest absolute Gasteiger partial charge is 0.493 e. The average molecular weight is 320 g/mol. The maximum absolute atomic E-state index is 12.0. The second kappa shape index (κ2) is 7.85. The Kier molecular flexibility index (Phi) is 5.84. The molecule has 0 aromatic heterocycles. The normalized spacial score (nSPS) is 17.3. The topological polar surface area (TPSA) is 67.9 Å². The van der Waals surface area contributed by atoms with E-state index in [9.17, 15) is 9.59 Å². The van der Waals surface area contributed by atoms with Crippen LogP contribution in [0.4, 0.5) is 0 Å². The number of methoxy groups -OCH3 is 2. The number of nitrogens with zero attached hydrogens (tertiary/aromatic N) is 1. The van der Waals surface area contributed by atoms with Gasteiger partial charge in [0.15, 0.2) is 11.5 Å². The second-order valence-electron chi connectivity index (χ2n) is 5.79. The van der Waals surface area contributed by atoms with Crippen molar-refractivity contribution in [1.82, 2.24) is 10.2 Å². The third-order valence-electron chi connectivity index (χ3n) is 4.05. The van der Waals surface area contributed by atoms with Crippen molar-refractivity contribution in [3.8, 4) is 11.5 Å². The summed E-state index contributed by atoms with van der Waals surface area (Å²) in [6, 6.07) is 5.80. The van der Waals surface area contributed by atoms with Gasteiger partial charge in [0.25, 0.3) is 0 Å². The summed E-state index contributed by atoms with van der Waals surface area (Å²) in [4.78, 5) is 24.9. The summed E-state index contributed by atoms with van der Waals surface area (Å²) >= 11 is 0. The first-order valence-corrected chi connectivity index (χ1v) is 7.76. The monoisotopic (exact) mass is 320 g/mol. The Balaban J connectivity index is 1.88. The number of hydrogen-bond donors (Lipinski definition) is 1. The van der Waals surface area contributed by atoms with E-state index in [0.29, 0.717) is 37.6 Å². The lowest BCUT2D eigenvalue weighted by molar-refractivity contribution is -0.127. The third-order valence-corrected chi connectivity index (χ3v) is 4.05. The van der Waals surface area contributed by atoms with Gasteiger partial charge in [0, 0.05) is 38.9 Å². The van der Waals surface area contributed by atoms with Crippen LogP contribution in [0.1, 0.15) is 18.9 Å². The van der Waals surface area contributed by atoms with Crippen LogP contribution in [0.25, 0.3) is 0 Å². The number of rotatable bonds is 7. The fourth-order valence-electron chi connectivity index (χ4n) is 2.80. The van der Waals surface area contributed by atoms with E-state index in [1.54, 1.807) is 14.2 Å². The predicted molar refractivity (Wildman–Crippen MR) is 86.6 cm³/mol. The second-order valence-corrected chi connectivity index (χ2v) is 5.79. The summed E-state index contributed by atoms with van der Waals surface area (Å²) in [5, 5.41) is 2.78. The molecule has 1 atom stereocenters. The Morgan fingerprint density at radius 3 is 2.70 bits per heavy atom. The van der Waals surface area contributed by atoms with Crippen molar-refractivity contribution in [2.24, 2.45) is 5.92 Å². The van der Waals surface area contributed by atoms with Crippen LogP contribution in [0.15, 0.2) is 18.2 Å². The Bertz CT molecular complexity index is 574. The van der Waals surface area contributed by atoms with Gasteiger partial charge in [-0.25, -0.2) is 0 Å². The molecule has 1 saturated heterocycles. The summed E-state index contributed by atoms with van der Waals surface area (Å²) in [6.45, 7) is 3.43. The van der Waals surface area contributed by atoms with Crippen LogP contribution in [0, 0.1) is 5.92 Å². The van der Waals surface area contributed by atoms with Crippen LogP contribution in [0.2, 0.25) is 0 Å². The quantitative estimate of drug-likeness (QED) is 0.820. The first kappa shape index (κ1) is 17.1. The Hall–Kier alpha value is -2.24. The molecule has 2 rings (SSSR count). The highest BCUT2D eigenvalue weighted by molar-refractivity contribution is 5.79. The van der Waals surface area contributed by atoms with Crippen molar-refractivity contribution in [2.75, 3.05) is 33.9 Å². The van der Waals surface area contributed by atoms with Crippen molar-refractivity contribution in [2.45, 2.75) is 19.8 Å². The van der Waals surface area contributed by atoms with Crippen LogP contribution in [0.3, 0.4) is 0 Å². The van der Waals surface area contributed by atoms with E-state index in [1.165, 1.54) is 6.92 Å². The van der Waals surface area contributed by atoms with Gasteiger partial charge in [-0.15, -0.1) is 0 Å². The highest BCUT2D eigenvalue weighted by Gasteiger charge is 2.29. The molecule has 1 N–H and O–H groups in total. The minimum absolute atomic E-state index is 0.0544. The maximum Gasteiger partial charge on any atom is 0.223 e. The highest BCUT2D eigenvalue weighted by Crippen LogP contribution is 2.28. The number of hydrogen-bond acceptors (Lipinski definition) is 4. The Morgan fingerprint density at radius 1 is 1.30 bits per heavy atom. The molecule has 1 aliphatic rings.